The van der Waals surface area contributed by atoms with Crippen LogP contribution in [0, 0.1) is 0 Å². The van der Waals surface area contributed by atoms with E-state index < -0.39 is 5.97 Å². The number of hydrogen-bond acceptors (Lipinski definition) is 6. The zero-order valence-electron chi connectivity index (χ0n) is 13.5. The van der Waals surface area contributed by atoms with Crippen molar-refractivity contribution in [3.63, 3.8) is 0 Å². The summed E-state index contributed by atoms with van der Waals surface area (Å²) in [6.45, 7) is 5.43. The van der Waals surface area contributed by atoms with Crippen LogP contribution in [0.2, 0.25) is 0 Å². The third-order valence-corrected chi connectivity index (χ3v) is 4.58. The van der Waals surface area contributed by atoms with Crippen molar-refractivity contribution in [2.75, 3.05) is 11.6 Å². The van der Waals surface area contributed by atoms with Crippen LogP contribution in [0.25, 0.3) is 0 Å². The Morgan fingerprint density at radius 3 is 2.67 bits per heavy atom. The van der Waals surface area contributed by atoms with Gasteiger partial charge in [0.1, 0.15) is 16.2 Å². The first-order chi connectivity index (χ1) is 11.5. The number of hydrogen-bond donors (Lipinski definition) is 0. The molecule has 124 valence electrons. The molecule has 0 aliphatic carbocycles. The molecule has 2 aliphatic rings. The third-order valence-electron chi connectivity index (χ3n) is 3.44. The van der Waals surface area contributed by atoms with Crippen molar-refractivity contribution in [1.29, 1.82) is 0 Å². The van der Waals surface area contributed by atoms with E-state index in [1.54, 1.807) is 32.9 Å². The van der Waals surface area contributed by atoms with Crippen LogP contribution in [-0.4, -0.2) is 24.2 Å². The van der Waals surface area contributed by atoms with E-state index >= 15 is 0 Å². The van der Waals surface area contributed by atoms with Crippen LogP contribution < -0.4 is 5.01 Å². The minimum Gasteiger partial charge on any atom is -0.462 e. The molecule has 2 heterocycles. The molecule has 0 radical (unpaired) electrons. The molecule has 0 bridgehead atoms. The van der Waals surface area contributed by atoms with E-state index in [1.165, 1.54) is 5.01 Å². The molecule has 1 amide bonds. The molecule has 0 atom stereocenters. The Bertz CT molecular complexity index is 796. The third kappa shape index (κ3) is 2.82. The summed E-state index contributed by atoms with van der Waals surface area (Å²) in [4.78, 5) is 25.0. The predicted molar refractivity (Wildman–Crippen MR) is 92.1 cm³/mol. The molecule has 7 heteroatoms. The lowest BCUT2D eigenvalue weighted by atomic mass is 10.2. The number of amides is 1. The van der Waals surface area contributed by atoms with Gasteiger partial charge in [-0.15, -0.1) is 0 Å². The molecule has 0 spiro atoms. The van der Waals surface area contributed by atoms with Gasteiger partial charge in [-0.05, 0) is 44.7 Å². The first-order valence-corrected chi connectivity index (χ1v) is 8.27. The molecule has 0 fully saturated rings. The van der Waals surface area contributed by atoms with Gasteiger partial charge in [0.25, 0.3) is 5.91 Å². The molecule has 0 unspecified atom stereocenters. The number of nitrogens with zero attached hydrogens (tertiary/aromatic N) is 2. The van der Waals surface area contributed by atoms with Crippen LogP contribution in [0.15, 0.2) is 56.8 Å². The van der Waals surface area contributed by atoms with Gasteiger partial charge < -0.3 is 9.47 Å². The van der Waals surface area contributed by atoms with E-state index in [4.69, 9.17) is 9.47 Å². The summed E-state index contributed by atoms with van der Waals surface area (Å²) in [6.07, 6.45) is 0. The van der Waals surface area contributed by atoms with Crippen molar-refractivity contribution < 1.29 is 19.1 Å². The Morgan fingerprint density at radius 1 is 1.29 bits per heavy atom. The molecule has 0 N–H and O–H groups in total. The summed E-state index contributed by atoms with van der Waals surface area (Å²) in [5.74, 6) is -0.297. The highest BCUT2D eigenvalue weighted by Gasteiger charge is 2.37. The molecular weight excluding hydrogens is 328 g/mol. The van der Waals surface area contributed by atoms with Crippen molar-refractivity contribution in [3.8, 4) is 0 Å². The number of thioether (sulfide) groups is 1. The SMILES string of the molecule is CCOC(=O)C1=C(C)OC(=C2C(=O)N(c3ccccc3)N=C2C)S1. The second kappa shape index (κ2) is 6.52. The van der Waals surface area contributed by atoms with Crippen LogP contribution >= 0.6 is 11.8 Å². The predicted octanol–water partition coefficient (Wildman–Crippen LogP) is 3.18. The van der Waals surface area contributed by atoms with E-state index in [-0.39, 0.29) is 12.5 Å². The number of allylic oxidation sites excluding steroid dienone is 1. The van der Waals surface area contributed by atoms with Gasteiger partial charge in [-0.2, -0.15) is 10.1 Å². The second-order valence-corrected chi connectivity index (χ2v) is 6.09. The number of ether oxygens (including phenoxy) is 2. The summed E-state index contributed by atoms with van der Waals surface area (Å²) < 4.78 is 10.6. The molecule has 24 heavy (non-hydrogen) atoms. The molecule has 0 saturated heterocycles. The average Bonchev–Trinajstić information content (AvgIpc) is 3.08. The summed E-state index contributed by atoms with van der Waals surface area (Å²) >= 11 is 1.10. The van der Waals surface area contributed by atoms with E-state index in [2.05, 4.69) is 5.10 Å². The monoisotopic (exact) mass is 344 g/mol. The van der Waals surface area contributed by atoms with E-state index in [9.17, 15) is 9.59 Å². The summed E-state index contributed by atoms with van der Waals surface area (Å²) in [5, 5.41) is 6.01. The number of anilines is 1. The van der Waals surface area contributed by atoms with Gasteiger partial charge in [-0.1, -0.05) is 18.2 Å². The number of esters is 1. The van der Waals surface area contributed by atoms with Crippen molar-refractivity contribution in [2.24, 2.45) is 5.10 Å². The fraction of sp³-hybridized carbons (Fsp3) is 0.235. The van der Waals surface area contributed by atoms with Crippen LogP contribution in [0.3, 0.4) is 0 Å². The Kier molecular flexibility index (Phi) is 4.44. The summed E-state index contributed by atoms with van der Waals surface area (Å²) in [7, 11) is 0. The second-order valence-electron chi connectivity index (χ2n) is 5.11. The molecule has 0 saturated carbocycles. The standard InChI is InChI=1S/C17H16N2O4S/c1-4-22-16(21)14-11(3)23-17(24-14)13-10(2)18-19(15(13)20)12-8-6-5-7-9-12/h5-9H,4H2,1-3H3. The Balaban J connectivity index is 1.89. The van der Waals surface area contributed by atoms with Crippen molar-refractivity contribution in [2.45, 2.75) is 20.8 Å². The number of carbonyl (C=O) groups excluding carboxylic acids is 2. The van der Waals surface area contributed by atoms with Crippen molar-refractivity contribution >= 4 is 35.0 Å². The highest BCUT2D eigenvalue weighted by molar-refractivity contribution is 8.07. The smallest absolute Gasteiger partial charge is 0.348 e. The minimum absolute atomic E-state index is 0.279. The highest BCUT2D eigenvalue weighted by atomic mass is 32.2. The lowest BCUT2D eigenvalue weighted by molar-refractivity contribution is -0.137. The number of benzene rings is 1. The van der Waals surface area contributed by atoms with E-state index in [0.717, 1.165) is 11.8 Å². The Morgan fingerprint density at radius 2 is 2.00 bits per heavy atom. The van der Waals surface area contributed by atoms with Gasteiger partial charge in [-0.25, -0.2) is 4.79 Å². The van der Waals surface area contributed by atoms with E-state index in [1.807, 2.05) is 18.2 Å². The molecule has 3 rings (SSSR count). The lowest BCUT2D eigenvalue weighted by Gasteiger charge is -2.11. The maximum atomic E-state index is 12.7. The zero-order chi connectivity index (χ0) is 17.3. The quantitative estimate of drug-likeness (QED) is 0.622. The molecule has 2 aliphatic heterocycles. The number of para-hydroxylation sites is 1. The summed E-state index contributed by atoms with van der Waals surface area (Å²) in [6, 6.07) is 9.15. The van der Waals surface area contributed by atoms with Gasteiger partial charge in [0.15, 0.2) is 5.09 Å². The van der Waals surface area contributed by atoms with E-state index in [0.29, 0.717) is 32.7 Å². The fourth-order valence-electron chi connectivity index (χ4n) is 2.34. The first kappa shape index (κ1) is 16.3. The molecular formula is C17H16N2O4S. The normalized spacial score (nSPS) is 20.4. The van der Waals surface area contributed by atoms with Gasteiger partial charge in [0.2, 0.25) is 0 Å². The highest BCUT2D eigenvalue weighted by Crippen LogP contribution is 2.42. The molecule has 1 aromatic carbocycles. The number of rotatable bonds is 3. The van der Waals surface area contributed by atoms with Crippen LogP contribution in [0.4, 0.5) is 5.69 Å². The molecule has 1 aromatic rings. The Labute approximate surface area is 143 Å². The Hall–Kier alpha value is -2.54. The lowest BCUT2D eigenvalue weighted by Crippen LogP contribution is -2.22. The zero-order valence-corrected chi connectivity index (χ0v) is 14.3. The van der Waals surface area contributed by atoms with Gasteiger partial charge in [-0.3, -0.25) is 4.79 Å². The van der Waals surface area contributed by atoms with Gasteiger partial charge in [0.05, 0.1) is 18.0 Å². The largest absolute Gasteiger partial charge is 0.462 e. The minimum atomic E-state index is -0.449. The number of carbonyl (C=O) groups is 2. The van der Waals surface area contributed by atoms with Gasteiger partial charge >= 0.3 is 5.97 Å². The van der Waals surface area contributed by atoms with Crippen LogP contribution in [0.1, 0.15) is 20.8 Å². The topological polar surface area (TPSA) is 68.2 Å². The maximum Gasteiger partial charge on any atom is 0.348 e. The van der Waals surface area contributed by atoms with Crippen LogP contribution in [-0.2, 0) is 19.1 Å². The van der Waals surface area contributed by atoms with Crippen molar-refractivity contribution in [3.05, 3.63) is 51.7 Å². The number of hydrazone groups is 1. The van der Waals surface area contributed by atoms with Gasteiger partial charge in [0, 0.05) is 0 Å². The van der Waals surface area contributed by atoms with Crippen molar-refractivity contribution in [1.82, 2.24) is 0 Å². The van der Waals surface area contributed by atoms with Crippen LogP contribution in [0.5, 0.6) is 0 Å². The fourth-order valence-corrected chi connectivity index (χ4v) is 3.36. The molecule has 0 aromatic heterocycles. The average molecular weight is 344 g/mol. The molecule has 6 nitrogen and oxygen atoms in total. The summed E-state index contributed by atoms with van der Waals surface area (Å²) in [5.41, 5.74) is 1.59. The first-order valence-electron chi connectivity index (χ1n) is 7.46. The maximum absolute atomic E-state index is 12.7.